The minimum atomic E-state index is -0.373. The number of fused-ring (bicyclic) bond motifs is 4. The number of nitrogens with one attached hydrogen (secondary N) is 1. The summed E-state index contributed by atoms with van der Waals surface area (Å²) in [4.78, 5) is 21.0. The van der Waals surface area contributed by atoms with Crippen LogP contribution in [0.3, 0.4) is 0 Å². The number of benzene rings is 2. The van der Waals surface area contributed by atoms with Gasteiger partial charge in [-0.05, 0) is 36.2 Å². The molecule has 0 amide bonds. The molecule has 0 atom stereocenters. The number of rotatable bonds is 2. The Kier molecular flexibility index (Phi) is 3.41. The second-order valence-corrected chi connectivity index (χ2v) is 7.79. The zero-order chi connectivity index (χ0) is 17.8. The van der Waals surface area contributed by atoms with Gasteiger partial charge in [-0.2, -0.15) is 0 Å². The number of hydrogen-bond donors (Lipinski definition) is 1. The zero-order valence-electron chi connectivity index (χ0n) is 13.5. The van der Waals surface area contributed by atoms with E-state index in [0.717, 1.165) is 45.4 Å². The average Bonchev–Trinajstić information content (AvgIpc) is 3.21. The van der Waals surface area contributed by atoms with Crippen LogP contribution in [0, 0.1) is 10.1 Å². The van der Waals surface area contributed by atoms with E-state index in [-0.39, 0.29) is 10.6 Å². The molecule has 26 heavy (non-hydrogen) atoms. The Balaban J connectivity index is 1.51. The van der Waals surface area contributed by atoms with E-state index in [4.69, 9.17) is 11.6 Å². The normalized spacial score (nSPS) is 14.1. The number of nitrogens with zero attached hydrogens (tertiary/aromatic N) is 3. The van der Waals surface area contributed by atoms with Crippen LogP contribution in [0.5, 0.6) is 0 Å². The molecule has 0 unspecified atom stereocenters. The lowest BCUT2D eigenvalue weighted by Crippen LogP contribution is -2.29. The zero-order valence-corrected chi connectivity index (χ0v) is 15.1. The lowest BCUT2D eigenvalue weighted by atomic mass is 10.0. The van der Waals surface area contributed by atoms with E-state index in [2.05, 4.69) is 14.9 Å². The summed E-state index contributed by atoms with van der Waals surface area (Å²) < 4.78 is 0.837. The summed E-state index contributed by atoms with van der Waals surface area (Å²) >= 11 is 7.64. The molecule has 5 rings (SSSR count). The molecule has 2 aromatic heterocycles. The van der Waals surface area contributed by atoms with Crippen LogP contribution in [0.25, 0.3) is 21.1 Å². The quantitative estimate of drug-likeness (QED) is 0.394. The Morgan fingerprint density at radius 3 is 3.00 bits per heavy atom. The first-order chi connectivity index (χ1) is 12.6. The van der Waals surface area contributed by atoms with Gasteiger partial charge in [0.1, 0.15) is 0 Å². The predicted molar refractivity (Wildman–Crippen MR) is 104 cm³/mol. The molecule has 0 aliphatic carbocycles. The van der Waals surface area contributed by atoms with E-state index >= 15 is 0 Å². The summed E-state index contributed by atoms with van der Waals surface area (Å²) in [5, 5.41) is 13.8. The highest BCUT2D eigenvalue weighted by molar-refractivity contribution is 7.22. The summed E-state index contributed by atoms with van der Waals surface area (Å²) in [5.74, 6) is 0. The van der Waals surface area contributed by atoms with Crippen molar-refractivity contribution < 1.29 is 4.92 Å². The second kappa shape index (κ2) is 5.69. The van der Waals surface area contributed by atoms with Crippen molar-refractivity contribution in [2.75, 3.05) is 11.4 Å². The maximum Gasteiger partial charge on any atom is 0.270 e. The van der Waals surface area contributed by atoms with Crippen molar-refractivity contribution in [2.24, 2.45) is 0 Å². The highest BCUT2D eigenvalue weighted by Gasteiger charge is 2.23. The van der Waals surface area contributed by atoms with Gasteiger partial charge in [-0.1, -0.05) is 22.9 Å². The van der Waals surface area contributed by atoms with Gasteiger partial charge in [0, 0.05) is 40.3 Å². The lowest BCUT2D eigenvalue weighted by molar-refractivity contribution is -0.384. The number of H-pyrrole nitrogens is 1. The Bertz CT molecular complexity index is 1180. The van der Waals surface area contributed by atoms with Crippen molar-refractivity contribution in [1.29, 1.82) is 0 Å². The second-order valence-electron chi connectivity index (χ2n) is 6.35. The fourth-order valence-corrected chi connectivity index (χ4v) is 4.72. The Labute approximate surface area is 157 Å². The van der Waals surface area contributed by atoms with Crippen molar-refractivity contribution in [3.63, 3.8) is 0 Å². The Morgan fingerprint density at radius 2 is 2.15 bits per heavy atom. The first-order valence-corrected chi connectivity index (χ1v) is 9.37. The molecule has 0 saturated heterocycles. The van der Waals surface area contributed by atoms with Gasteiger partial charge in [-0.25, -0.2) is 4.98 Å². The molecule has 0 fully saturated rings. The fraction of sp³-hybridized carbons (Fsp3) is 0.167. The molecule has 6 nitrogen and oxygen atoms in total. The Hall–Kier alpha value is -2.64. The highest BCUT2D eigenvalue weighted by atomic mass is 35.5. The summed E-state index contributed by atoms with van der Waals surface area (Å²) in [6.45, 7) is 1.60. The summed E-state index contributed by atoms with van der Waals surface area (Å²) in [6.07, 6.45) is 0.908. The third-order valence-corrected chi connectivity index (χ3v) is 6.09. The standard InChI is InChI=1S/C18H13ClN4O2S/c19-10-1-3-14-13(7-10)12-5-6-22(9-16(12)20-14)18-21-15-4-2-11(23(24)25)8-17(15)26-18/h1-4,7-8,20H,5-6,9H2. The number of nitro benzene ring substituents is 1. The molecule has 1 N–H and O–H groups in total. The molecule has 0 bridgehead atoms. The third-order valence-electron chi connectivity index (χ3n) is 4.78. The number of thiazole rings is 1. The predicted octanol–water partition coefficient (Wildman–Crippen LogP) is 4.90. The van der Waals surface area contributed by atoms with Crippen LogP contribution in [-0.2, 0) is 13.0 Å². The SMILES string of the molecule is O=[N+]([O-])c1ccc2nc(N3CCc4c([nH]c5ccc(Cl)cc45)C3)sc2c1. The van der Waals surface area contributed by atoms with Crippen LogP contribution in [0.1, 0.15) is 11.3 Å². The monoisotopic (exact) mass is 384 g/mol. The van der Waals surface area contributed by atoms with Gasteiger partial charge < -0.3 is 9.88 Å². The van der Waals surface area contributed by atoms with Crippen molar-refractivity contribution in [1.82, 2.24) is 9.97 Å². The summed E-state index contributed by atoms with van der Waals surface area (Å²) in [6, 6.07) is 10.7. The van der Waals surface area contributed by atoms with E-state index in [1.54, 1.807) is 12.1 Å². The third kappa shape index (κ3) is 2.43. The molecular formula is C18H13ClN4O2S. The van der Waals surface area contributed by atoms with Gasteiger partial charge >= 0.3 is 0 Å². The largest absolute Gasteiger partial charge is 0.357 e. The van der Waals surface area contributed by atoms with Gasteiger partial charge in [0.15, 0.2) is 5.13 Å². The molecule has 4 aromatic rings. The maximum atomic E-state index is 11.0. The van der Waals surface area contributed by atoms with Gasteiger partial charge in [-0.15, -0.1) is 0 Å². The number of hydrogen-bond acceptors (Lipinski definition) is 5. The first-order valence-electron chi connectivity index (χ1n) is 8.17. The van der Waals surface area contributed by atoms with E-state index < -0.39 is 0 Å². The van der Waals surface area contributed by atoms with Gasteiger partial charge in [-0.3, -0.25) is 10.1 Å². The van der Waals surface area contributed by atoms with Crippen molar-refractivity contribution >= 4 is 54.9 Å². The van der Waals surface area contributed by atoms with Crippen molar-refractivity contribution in [2.45, 2.75) is 13.0 Å². The van der Waals surface area contributed by atoms with Crippen LogP contribution in [0.2, 0.25) is 5.02 Å². The summed E-state index contributed by atoms with van der Waals surface area (Å²) in [7, 11) is 0. The van der Waals surface area contributed by atoms with Crippen molar-refractivity contribution in [3.05, 3.63) is 62.8 Å². The first kappa shape index (κ1) is 15.6. The van der Waals surface area contributed by atoms with Gasteiger partial charge in [0.05, 0.1) is 21.7 Å². The van der Waals surface area contributed by atoms with Crippen LogP contribution >= 0.6 is 22.9 Å². The highest BCUT2D eigenvalue weighted by Crippen LogP contribution is 2.35. The van der Waals surface area contributed by atoms with E-state index in [0.29, 0.717) is 0 Å². The van der Waals surface area contributed by atoms with Crippen LogP contribution in [-0.4, -0.2) is 21.4 Å². The molecule has 1 aliphatic rings. The number of halogens is 1. The molecule has 0 saturated carbocycles. The average molecular weight is 385 g/mol. The molecule has 8 heteroatoms. The summed E-state index contributed by atoms with van der Waals surface area (Å²) in [5.41, 5.74) is 4.49. The number of aromatic nitrogens is 2. The maximum absolute atomic E-state index is 11.0. The fourth-order valence-electron chi connectivity index (χ4n) is 3.53. The molecular weight excluding hydrogens is 372 g/mol. The number of aromatic amines is 1. The molecule has 1 aliphatic heterocycles. The minimum absolute atomic E-state index is 0.0983. The van der Waals surface area contributed by atoms with Gasteiger partial charge in [0.25, 0.3) is 5.69 Å². The lowest BCUT2D eigenvalue weighted by Gasteiger charge is -2.26. The van der Waals surface area contributed by atoms with Crippen LogP contribution in [0.4, 0.5) is 10.8 Å². The van der Waals surface area contributed by atoms with E-state index in [9.17, 15) is 10.1 Å². The molecule has 2 aromatic carbocycles. The van der Waals surface area contributed by atoms with Crippen LogP contribution < -0.4 is 4.90 Å². The van der Waals surface area contributed by atoms with E-state index in [1.807, 2.05) is 18.2 Å². The molecule has 0 spiro atoms. The topological polar surface area (TPSA) is 75.1 Å². The van der Waals surface area contributed by atoms with Crippen LogP contribution in [0.15, 0.2) is 36.4 Å². The smallest absolute Gasteiger partial charge is 0.270 e. The van der Waals surface area contributed by atoms with E-state index in [1.165, 1.54) is 34.0 Å². The number of non-ortho nitro benzene ring substituents is 1. The minimum Gasteiger partial charge on any atom is -0.357 e. The number of nitro groups is 1. The number of anilines is 1. The molecule has 0 radical (unpaired) electrons. The molecule has 3 heterocycles. The molecule has 130 valence electrons. The van der Waals surface area contributed by atoms with Crippen molar-refractivity contribution in [3.8, 4) is 0 Å². The Morgan fingerprint density at radius 1 is 1.27 bits per heavy atom. The van der Waals surface area contributed by atoms with Gasteiger partial charge in [0.2, 0.25) is 0 Å².